The molecule has 1 heterocycles. The molecule has 0 aromatic heterocycles. The van der Waals surface area contributed by atoms with Crippen LogP contribution in [-0.4, -0.2) is 42.4 Å². The normalized spacial score (nSPS) is 12.8. The highest BCUT2D eigenvalue weighted by molar-refractivity contribution is 9.10. The summed E-state index contributed by atoms with van der Waals surface area (Å²) in [5.41, 5.74) is 2.21. The molecule has 0 spiro atoms. The fourth-order valence-electron chi connectivity index (χ4n) is 2.85. The number of hydrogen-bond acceptors (Lipinski definition) is 5. The Morgan fingerprint density at radius 2 is 1.84 bits per heavy atom. The number of rotatable bonds is 11. The van der Waals surface area contributed by atoms with Gasteiger partial charge >= 0.3 is 0 Å². The summed E-state index contributed by atoms with van der Waals surface area (Å²) in [6.07, 6.45) is -2.67. The van der Waals surface area contributed by atoms with Crippen molar-refractivity contribution >= 4 is 44.8 Å². The number of halogens is 4. The van der Waals surface area contributed by atoms with Crippen molar-refractivity contribution in [1.82, 2.24) is 5.32 Å². The predicted molar refractivity (Wildman–Crippen MR) is 134 cm³/mol. The van der Waals surface area contributed by atoms with Gasteiger partial charge in [0.05, 0.1) is 5.71 Å². The maximum atomic E-state index is 14.3. The van der Waals surface area contributed by atoms with Gasteiger partial charge in [-0.1, -0.05) is 34.1 Å². The summed E-state index contributed by atoms with van der Waals surface area (Å²) < 4.78 is 40.7. The molecule has 9 heteroatoms. The third kappa shape index (κ3) is 8.44. The van der Waals surface area contributed by atoms with Crippen molar-refractivity contribution in [3.05, 3.63) is 77.0 Å². The molecule has 0 unspecified atom stereocenters. The number of anilines is 1. The third-order valence-electron chi connectivity index (χ3n) is 4.42. The van der Waals surface area contributed by atoms with Gasteiger partial charge in [0.25, 0.3) is 6.43 Å². The van der Waals surface area contributed by atoms with Crippen LogP contribution in [0.1, 0.15) is 17.5 Å². The highest BCUT2D eigenvalue weighted by Crippen LogP contribution is 2.18. The highest BCUT2D eigenvalue weighted by Gasteiger charge is 2.22. The summed E-state index contributed by atoms with van der Waals surface area (Å²) in [6.45, 7) is 8.05. The molecule has 3 rings (SSSR count). The zero-order valence-corrected chi connectivity index (χ0v) is 20.0. The largest absolute Gasteiger partial charge is 0.384 e. The van der Waals surface area contributed by atoms with E-state index < -0.39 is 6.43 Å². The molecule has 0 atom stereocenters. The number of benzene rings is 2. The molecule has 0 saturated heterocycles. The SMILES string of the molecule is C=C.Fc1cc(C2=NN=C(C(F)F)C2)ccc1CNCCSCCNc1cccc(Br)c1. The predicted octanol–water partition coefficient (Wildman–Crippen LogP) is 6.14. The minimum absolute atomic E-state index is 0.0394. The number of nitrogens with zero attached hydrogens (tertiary/aromatic N) is 2. The van der Waals surface area contributed by atoms with E-state index in [-0.39, 0.29) is 17.9 Å². The number of hydrogen-bond donors (Lipinski definition) is 2. The van der Waals surface area contributed by atoms with Crippen LogP contribution in [0.25, 0.3) is 0 Å². The third-order valence-corrected chi connectivity index (χ3v) is 5.90. The molecule has 172 valence electrons. The molecule has 4 nitrogen and oxygen atoms in total. The summed E-state index contributed by atoms with van der Waals surface area (Å²) in [5, 5.41) is 13.8. The lowest BCUT2D eigenvalue weighted by Gasteiger charge is -2.09. The van der Waals surface area contributed by atoms with Gasteiger partial charge in [-0.25, -0.2) is 13.2 Å². The van der Waals surface area contributed by atoms with Crippen LogP contribution >= 0.6 is 27.7 Å². The van der Waals surface area contributed by atoms with Crippen LogP contribution in [0.3, 0.4) is 0 Å². The van der Waals surface area contributed by atoms with Gasteiger partial charge < -0.3 is 10.6 Å². The maximum Gasteiger partial charge on any atom is 0.278 e. The Morgan fingerprint density at radius 1 is 1.06 bits per heavy atom. The Balaban J connectivity index is 0.00000176. The summed E-state index contributed by atoms with van der Waals surface area (Å²) in [7, 11) is 0. The smallest absolute Gasteiger partial charge is 0.278 e. The lowest BCUT2D eigenvalue weighted by Crippen LogP contribution is -2.18. The van der Waals surface area contributed by atoms with Crippen molar-refractivity contribution in [2.75, 3.05) is 29.9 Å². The molecule has 0 bridgehead atoms. The van der Waals surface area contributed by atoms with E-state index in [1.165, 1.54) is 6.07 Å². The van der Waals surface area contributed by atoms with Gasteiger partial charge in [-0.3, -0.25) is 0 Å². The average molecular weight is 527 g/mol. The van der Waals surface area contributed by atoms with Crippen molar-refractivity contribution in [2.24, 2.45) is 10.2 Å². The van der Waals surface area contributed by atoms with Crippen LogP contribution in [0.15, 0.2) is 70.3 Å². The van der Waals surface area contributed by atoms with Gasteiger partial charge in [0.1, 0.15) is 11.5 Å². The van der Waals surface area contributed by atoms with E-state index >= 15 is 0 Å². The molecule has 0 fully saturated rings. The van der Waals surface area contributed by atoms with E-state index in [1.54, 1.807) is 12.1 Å². The van der Waals surface area contributed by atoms with Crippen LogP contribution in [-0.2, 0) is 6.54 Å². The van der Waals surface area contributed by atoms with Gasteiger partial charge in [-0.2, -0.15) is 22.0 Å². The molecule has 2 aromatic rings. The molecule has 0 saturated carbocycles. The average Bonchev–Trinajstić information content (AvgIpc) is 3.29. The van der Waals surface area contributed by atoms with Gasteiger partial charge in [0.15, 0.2) is 0 Å². The van der Waals surface area contributed by atoms with Crippen LogP contribution in [0.4, 0.5) is 18.9 Å². The molecule has 0 radical (unpaired) electrons. The minimum Gasteiger partial charge on any atom is -0.384 e. The Bertz CT molecular complexity index is 937. The van der Waals surface area contributed by atoms with E-state index in [1.807, 2.05) is 36.0 Å². The summed E-state index contributed by atoms with van der Waals surface area (Å²) in [4.78, 5) is 0. The second-order valence-electron chi connectivity index (χ2n) is 6.65. The molecule has 0 amide bonds. The van der Waals surface area contributed by atoms with Gasteiger partial charge in [0.2, 0.25) is 0 Å². The van der Waals surface area contributed by atoms with Crippen molar-refractivity contribution in [3.63, 3.8) is 0 Å². The second kappa shape index (κ2) is 14.1. The number of nitrogens with one attached hydrogen (secondary N) is 2. The van der Waals surface area contributed by atoms with E-state index in [2.05, 4.69) is 49.9 Å². The van der Waals surface area contributed by atoms with Gasteiger partial charge in [-0.05, 0) is 24.3 Å². The van der Waals surface area contributed by atoms with Crippen molar-refractivity contribution in [3.8, 4) is 0 Å². The lowest BCUT2D eigenvalue weighted by molar-refractivity contribution is 0.224. The summed E-state index contributed by atoms with van der Waals surface area (Å²) in [5.74, 6) is 1.52. The minimum atomic E-state index is -2.63. The fourth-order valence-corrected chi connectivity index (χ4v) is 3.99. The Morgan fingerprint density at radius 3 is 2.53 bits per heavy atom. The van der Waals surface area contributed by atoms with E-state index in [0.717, 1.165) is 34.8 Å². The molecule has 2 aromatic carbocycles. The molecule has 0 aliphatic carbocycles. The van der Waals surface area contributed by atoms with Crippen LogP contribution < -0.4 is 10.6 Å². The Labute approximate surface area is 199 Å². The van der Waals surface area contributed by atoms with Crippen LogP contribution in [0.5, 0.6) is 0 Å². The van der Waals surface area contributed by atoms with E-state index in [9.17, 15) is 13.2 Å². The first-order chi connectivity index (χ1) is 15.5. The molecule has 2 N–H and O–H groups in total. The molecular weight excluding hydrogens is 501 g/mol. The maximum absolute atomic E-state index is 14.3. The Hall–Kier alpha value is -2.10. The first-order valence-corrected chi connectivity index (χ1v) is 12.0. The lowest BCUT2D eigenvalue weighted by atomic mass is 10.0. The van der Waals surface area contributed by atoms with Crippen LogP contribution in [0, 0.1) is 5.82 Å². The zero-order chi connectivity index (χ0) is 23.3. The summed E-state index contributed by atoms with van der Waals surface area (Å²) >= 11 is 5.27. The zero-order valence-electron chi connectivity index (χ0n) is 17.6. The van der Waals surface area contributed by atoms with Crippen LogP contribution in [0.2, 0.25) is 0 Å². The number of thioether (sulfide) groups is 1. The van der Waals surface area contributed by atoms with Gasteiger partial charge in [-0.15, -0.1) is 13.2 Å². The van der Waals surface area contributed by atoms with Crippen molar-refractivity contribution in [1.29, 1.82) is 0 Å². The Kier molecular flexibility index (Phi) is 11.5. The molecule has 1 aliphatic heterocycles. The quantitative estimate of drug-likeness (QED) is 0.273. The van der Waals surface area contributed by atoms with Crippen molar-refractivity contribution < 1.29 is 13.2 Å². The molecule has 32 heavy (non-hydrogen) atoms. The highest BCUT2D eigenvalue weighted by atomic mass is 79.9. The standard InChI is InChI=1S/C21H22BrF3N4S.C2H4/c22-16-2-1-3-17(11-16)27-7-9-30-8-6-26-13-15-5-4-14(10-18(15)23)19-12-20(21(24)25)29-28-19;1-2/h1-5,10-11,21,26-27H,6-9,12-13H2;1-2H2. The van der Waals surface area contributed by atoms with E-state index in [0.29, 0.717) is 23.4 Å². The summed E-state index contributed by atoms with van der Waals surface area (Å²) in [6, 6.07) is 12.7. The molecular formula is C23H26BrF3N4S. The van der Waals surface area contributed by atoms with Gasteiger partial charge in [0, 0.05) is 58.8 Å². The second-order valence-corrected chi connectivity index (χ2v) is 8.79. The first-order valence-electron chi connectivity index (χ1n) is 10.0. The molecule has 1 aliphatic rings. The van der Waals surface area contributed by atoms with E-state index in [4.69, 9.17) is 0 Å². The number of alkyl halides is 2. The fraction of sp³-hybridized carbons (Fsp3) is 0.304. The van der Waals surface area contributed by atoms with Crippen molar-refractivity contribution in [2.45, 2.75) is 19.4 Å². The monoisotopic (exact) mass is 526 g/mol. The topological polar surface area (TPSA) is 48.8 Å². The first kappa shape index (κ1) is 26.2.